The van der Waals surface area contributed by atoms with Crippen molar-refractivity contribution in [2.75, 3.05) is 36.4 Å². The number of nitrogens with one attached hydrogen (secondary N) is 2. The maximum absolute atomic E-state index is 12.1. The van der Waals surface area contributed by atoms with E-state index in [0.29, 0.717) is 23.9 Å². The van der Waals surface area contributed by atoms with Gasteiger partial charge in [0.1, 0.15) is 12.4 Å². The maximum Gasteiger partial charge on any atom is 0.252 e. The first-order valence-electron chi connectivity index (χ1n) is 12.7. The molecule has 2 aliphatic heterocycles. The van der Waals surface area contributed by atoms with Gasteiger partial charge >= 0.3 is 0 Å². The molecule has 0 spiro atoms. The number of rotatable bonds is 7. The van der Waals surface area contributed by atoms with E-state index in [9.17, 15) is 9.59 Å². The molecule has 3 heterocycles. The average molecular weight is 495 g/mol. The first-order chi connectivity index (χ1) is 18.1. The van der Waals surface area contributed by atoms with Crippen LogP contribution in [0.15, 0.2) is 66.9 Å². The molecule has 2 fully saturated rings. The van der Waals surface area contributed by atoms with Gasteiger partial charge in [0, 0.05) is 55.2 Å². The van der Waals surface area contributed by atoms with E-state index in [2.05, 4.69) is 49.7 Å². The molecule has 0 bridgehead atoms. The number of aromatic nitrogens is 1. The largest absolute Gasteiger partial charge is 0.371 e. The summed E-state index contributed by atoms with van der Waals surface area (Å²) >= 11 is 0. The highest BCUT2D eigenvalue weighted by Crippen LogP contribution is 2.28. The summed E-state index contributed by atoms with van der Waals surface area (Å²) in [5.41, 5.74) is 4.61. The standard InChI is InChI=1S/C29H30N6O2/c30-14-16-32-29(37)22-5-3-21(4-6-22)23-11-15-31-27(20-23)33-24-7-9-25(10-8-24)34-18-12-26(13-19-34)35-17-1-2-28(35)36/h3-11,15,20,26H,1-2,12-13,16-19H2,(H,31,33)(H,32,37). The molecular weight excluding hydrogens is 464 g/mol. The summed E-state index contributed by atoms with van der Waals surface area (Å²) in [5.74, 6) is 0.792. The second-order valence-electron chi connectivity index (χ2n) is 9.43. The maximum atomic E-state index is 12.1. The Morgan fingerprint density at radius 3 is 2.43 bits per heavy atom. The van der Waals surface area contributed by atoms with Gasteiger partial charge in [-0.1, -0.05) is 12.1 Å². The minimum absolute atomic E-state index is 0.0135. The van der Waals surface area contributed by atoms with Crippen LogP contribution in [0.25, 0.3) is 11.1 Å². The lowest BCUT2D eigenvalue weighted by Crippen LogP contribution is -2.45. The highest BCUT2D eigenvalue weighted by molar-refractivity contribution is 5.94. The predicted octanol–water partition coefficient (Wildman–Crippen LogP) is 4.34. The Labute approximate surface area is 216 Å². The molecule has 2 aromatic carbocycles. The van der Waals surface area contributed by atoms with E-state index < -0.39 is 0 Å². The third-order valence-electron chi connectivity index (χ3n) is 7.09. The Balaban J connectivity index is 1.18. The molecule has 0 radical (unpaired) electrons. The van der Waals surface area contributed by atoms with Crippen molar-refractivity contribution in [3.05, 3.63) is 72.4 Å². The SMILES string of the molecule is N#CCNC(=O)c1ccc(-c2ccnc(Nc3ccc(N4CCC(N5CCCC5=O)CC4)cc3)c2)cc1. The van der Waals surface area contributed by atoms with Gasteiger partial charge in [0.25, 0.3) is 5.91 Å². The molecule has 2 saturated heterocycles. The third kappa shape index (κ3) is 5.72. The number of nitriles is 1. The molecule has 2 N–H and O–H groups in total. The average Bonchev–Trinajstić information content (AvgIpc) is 3.38. The normalized spacial score (nSPS) is 15.9. The monoisotopic (exact) mass is 494 g/mol. The van der Waals surface area contributed by atoms with Crippen molar-refractivity contribution in [2.24, 2.45) is 0 Å². The van der Waals surface area contributed by atoms with E-state index >= 15 is 0 Å². The highest BCUT2D eigenvalue weighted by atomic mass is 16.2. The summed E-state index contributed by atoms with van der Waals surface area (Å²) in [4.78, 5) is 33.0. The van der Waals surface area contributed by atoms with Gasteiger partial charge in [-0.15, -0.1) is 0 Å². The summed E-state index contributed by atoms with van der Waals surface area (Å²) in [6.07, 6.45) is 5.51. The smallest absolute Gasteiger partial charge is 0.252 e. The van der Waals surface area contributed by atoms with E-state index in [1.807, 2.05) is 30.3 Å². The second-order valence-corrected chi connectivity index (χ2v) is 9.43. The summed E-state index contributed by atoms with van der Waals surface area (Å²) in [5, 5.41) is 14.5. The van der Waals surface area contributed by atoms with Gasteiger partial charge in [-0.25, -0.2) is 4.98 Å². The Bertz CT molecular complexity index is 1290. The number of likely N-dealkylation sites (tertiary alicyclic amines) is 1. The quantitative estimate of drug-likeness (QED) is 0.474. The van der Waals surface area contributed by atoms with Crippen molar-refractivity contribution >= 4 is 29.0 Å². The van der Waals surface area contributed by atoms with E-state index in [1.165, 1.54) is 5.69 Å². The molecule has 0 unspecified atom stereocenters. The first-order valence-corrected chi connectivity index (χ1v) is 12.7. The van der Waals surface area contributed by atoms with Crippen LogP contribution in [-0.2, 0) is 4.79 Å². The zero-order valence-corrected chi connectivity index (χ0v) is 20.7. The van der Waals surface area contributed by atoms with Gasteiger partial charge in [-0.05, 0) is 78.9 Å². The van der Waals surface area contributed by atoms with Crippen LogP contribution in [0.4, 0.5) is 17.2 Å². The van der Waals surface area contributed by atoms with Gasteiger partial charge < -0.3 is 20.4 Å². The molecule has 0 saturated carbocycles. The minimum atomic E-state index is -0.264. The van der Waals surface area contributed by atoms with E-state index in [0.717, 1.165) is 61.5 Å². The predicted molar refractivity (Wildman–Crippen MR) is 144 cm³/mol. The molecule has 37 heavy (non-hydrogen) atoms. The van der Waals surface area contributed by atoms with Crippen LogP contribution in [0.2, 0.25) is 0 Å². The molecule has 0 aliphatic carbocycles. The van der Waals surface area contributed by atoms with Gasteiger partial charge in [-0.3, -0.25) is 9.59 Å². The highest BCUT2D eigenvalue weighted by Gasteiger charge is 2.30. The summed E-state index contributed by atoms with van der Waals surface area (Å²) in [6, 6.07) is 21.9. The van der Waals surface area contributed by atoms with E-state index in [4.69, 9.17) is 5.26 Å². The molecule has 2 amide bonds. The zero-order chi connectivity index (χ0) is 25.6. The van der Waals surface area contributed by atoms with Crippen LogP contribution < -0.4 is 15.5 Å². The topological polar surface area (TPSA) is 101 Å². The number of carbonyl (C=O) groups excluding carboxylic acids is 2. The van der Waals surface area contributed by atoms with Crippen molar-refractivity contribution in [2.45, 2.75) is 31.7 Å². The van der Waals surface area contributed by atoms with Crippen LogP contribution in [-0.4, -0.2) is 53.9 Å². The molecular formula is C29H30N6O2. The number of amides is 2. The number of anilines is 3. The van der Waals surface area contributed by atoms with Crippen LogP contribution >= 0.6 is 0 Å². The molecule has 3 aromatic rings. The van der Waals surface area contributed by atoms with Crippen LogP contribution in [0.5, 0.6) is 0 Å². The fourth-order valence-electron chi connectivity index (χ4n) is 5.11. The zero-order valence-electron chi connectivity index (χ0n) is 20.7. The Hall–Kier alpha value is -4.38. The molecule has 1 aromatic heterocycles. The Kier molecular flexibility index (Phi) is 7.31. The number of nitrogens with zero attached hydrogens (tertiary/aromatic N) is 4. The van der Waals surface area contributed by atoms with Gasteiger partial charge in [0.05, 0.1) is 6.07 Å². The van der Waals surface area contributed by atoms with E-state index in [1.54, 1.807) is 18.3 Å². The molecule has 2 aliphatic rings. The summed E-state index contributed by atoms with van der Waals surface area (Å²) in [6.45, 7) is 2.83. The summed E-state index contributed by atoms with van der Waals surface area (Å²) < 4.78 is 0. The first kappa shape index (κ1) is 24.3. The lowest BCUT2D eigenvalue weighted by molar-refractivity contribution is -0.130. The Morgan fingerprint density at radius 2 is 1.76 bits per heavy atom. The molecule has 5 rings (SSSR count). The number of piperidine rings is 1. The molecule has 0 atom stereocenters. The fraction of sp³-hybridized carbons (Fsp3) is 0.310. The third-order valence-corrected chi connectivity index (χ3v) is 7.09. The number of hydrogen-bond donors (Lipinski definition) is 2. The number of pyridine rings is 1. The fourth-order valence-corrected chi connectivity index (χ4v) is 5.11. The number of hydrogen-bond acceptors (Lipinski definition) is 6. The van der Waals surface area contributed by atoms with E-state index in [-0.39, 0.29) is 12.5 Å². The number of benzene rings is 2. The van der Waals surface area contributed by atoms with Gasteiger partial charge in [-0.2, -0.15) is 5.26 Å². The molecule has 8 nitrogen and oxygen atoms in total. The summed E-state index contributed by atoms with van der Waals surface area (Å²) in [7, 11) is 0. The van der Waals surface area contributed by atoms with Crippen molar-refractivity contribution < 1.29 is 9.59 Å². The van der Waals surface area contributed by atoms with Crippen molar-refractivity contribution in [1.29, 1.82) is 5.26 Å². The van der Waals surface area contributed by atoms with Crippen LogP contribution in [0.3, 0.4) is 0 Å². The second kappa shape index (κ2) is 11.1. The lowest BCUT2D eigenvalue weighted by Gasteiger charge is -2.37. The van der Waals surface area contributed by atoms with Gasteiger partial charge in [0.15, 0.2) is 0 Å². The Morgan fingerprint density at radius 1 is 1.00 bits per heavy atom. The molecule has 8 heteroatoms. The van der Waals surface area contributed by atoms with Crippen molar-refractivity contribution in [3.8, 4) is 17.2 Å². The van der Waals surface area contributed by atoms with Crippen LogP contribution in [0, 0.1) is 11.3 Å². The number of carbonyl (C=O) groups is 2. The van der Waals surface area contributed by atoms with Crippen molar-refractivity contribution in [1.82, 2.24) is 15.2 Å². The van der Waals surface area contributed by atoms with Gasteiger partial charge in [0.2, 0.25) is 5.91 Å². The lowest BCUT2D eigenvalue weighted by atomic mass is 10.0. The van der Waals surface area contributed by atoms with Crippen molar-refractivity contribution in [3.63, 3.8) is 0 Å². The minimum Gasteiger partial charge on any atom is -0.371 e. The molecule has 188 valence electrons. The van der Waals surface area contributed by atoms with Crippen LogP contribution in [0.1, 0.15) is 36.0 Å².